The molecule has 0 bridgehead atoms. The van der Waals surface area contributed by atoms with Crippen LogP contribution < -0.4 is 5.32 Å². The van der Waals surface area contributed by atoms with Crippen LogP contribution >= 0.6 is 0 Å². The smallest absolute Gasteiger partial charge is 0.0267 e. The van der Waals surface area contributed by atoms with E-state index in [1.165, 1.54) is 25.7 Å². The molecule has 0 amide bonds. The van der Waals surface area contributed by atoms with E-state index in [1.807, 2.05) is 6.08 Å². The van der Waals surface area contributed by atoms with Crippen LogP contribution in [0.5, 0.6) is 0 Å². The molecule has 0 aliphatic carbocycles. The lowest BCUT2D eigenvalue weighted by atomic mass is 10.2. The first-order chi connectivity index (χ1) is 7.66. The molecule has 0 aliphatic rings. The lowest BCUT2D eigenvalue weighted by Gasteiger charge is -2.07. The third-order valence-corrected chi connectivity index (χ3v) is 2.26. The number of hydrogen-bond donors (Lipinski definition) is 1. The van der Waals surface area contributed by atoms with Crippen LogP contribution in [0.25, 0.3) is 0 Å². The third kappa shape index (κ3) is 11.1. The van der Waals surface area contributed by atoms with Gasteiger partial charge in [-0.2, -0.15) is 0 Å². The minimum absolute atomic E-state index is 0.662. The summed E-state index contributed by atoms with van der Waals surface area (Å²) in [5.74, 6) is 0.662. The molecule has 0 aliphatic heterocycles. The molecule has 1 heteroatoms. The predicted octanol–water partition coefficient (Wildman–Crippen LogP) is 4.44. The number of rotatable bonds is 9. The summed E-state index contributed by atoms with van der Waals surface area (Å²) in [6.45, 7) is 11.5. The van der Waals surface area contributed by atoms with Crippen molar-refractivity contribution in [2.24, 2.45) is 5.92 Å². The first kappa shape index (κ1) is 15.0. The molecule has 0 rings (SSSR count). The summed E-state index contributed by atoms with van der Waals surface area (Å²) in [4.78, 5) is 0. The van der Waals surface area contributed by atoms with Gasteiger partial charge in [-0.3, -0.25) is 0 Å². The van der Waals surface area contributed by atoms with Gasteiger partial charge in [0.25, 0.3) is 0 Å². The second-order valence-corrected chi connectivity index (χ2v) is 4.58. The van der Waals surface area contributed by atoms with Crippen LogP contribution in [0.4, 0.5) is 0 Å². The molecule has 0 saturated heterocycles. The molecule has 0 atom stereocenters. The van der Waals surface area contributed by atoms with Gasteiger partial charge in [-0.15, -0.1) is 0 Å². The zero-order valence-corrected chi connectivity index (χ0v) is 11.1. The van der Waals surface area contributed by atoms with Crippen LogP contribution in [0.1, 0.15) is 46.5 Å². The molecule has 0 radical (unpaired) electrons. The van der Waals surface area contributed by atoms with E-state index >= 15 is 0 Å². The van der Waals surface area contributed by atoms with Crippen molar-refractivity contribution in [1.82, 2.24) is 5.32 Å². The highest BCUT2D eigenvalue weighted by molar-refractivity contribution is 5.17. The van der Waals surface area contributed by atoms with Crippen molar-refractivity contribution in [3.63, 3.8) is 0 Å². The van der Waals surface area contributed by atoms with Crippen LogP contribution in [0.15, 0.2) is 36.6 Å². The van der Waals surface area contributed by atoms with Crippen LogP contribution in [0.2, 0.25) is 0 Å². The molecular weight excluding hydrogens is 194 g/mol. The Bertz CT molecular complexity index is 224. The monoisotopic (exact) mass is 221 g/mol. The lowest BCUT2D eigenvalue weighted by molar-refractivity contribution is 0.602. The highest BCUT2D eigenvalue weighted by Gasteiger charge is 1.91. The Morgan fingerprint density at radius 2 is 2.00 bits per heavy atom. The molecule has 92 valence electrons. The lowest BCUT2D eigenvalue weighted by Crippen LogP contribution is -2.17. The number of nitrogens with one attached hydrogen (secondary N) is 1. The van der Waals surface area contributed by atoms with Crippen molar-refractivity contribution in [3.8, 4) is 0 Å². The molecule has 0 unspecified atom stereocenters. The molecule has 0 aromatic rings. The van der Waals surface area contributed by atoms with Crippen LogP contribution in [0, 0.1) is 5.92 Å². The quantitative estimate of drug-likeness (QED) is 0.448. The van der Waals surface area contributed by atoms with Gasteiger partial charge in [0, 0.05) is 12.2 Å². The Morgan fingerprint density at radius 1 is 1.25 bits per heavy atom. The molecule has 0 aromatic heterocycles. The number of hydrogen-bond acceptors (Lipinski definition) is 1. The van der Waals surface area contributed by atoms with E-state index in [1.54, 1.807) is 0 Å². The standard InChI is InChI=1S/C15H27N/c1-5-6-7-8-9-10-11-12-15(4)16-13-14(2)3/h9-12,14,16H,4-8,13H2,1-3H3/b10-9+,12-11+. The van der Waals surface area contributed by atoms with Crippen LogP contribution in [0.3, 0.4) is 0 Å². The SMILES string of the molecule is C=C(/C=C/C=C/CCCCC)NCC(C)C. The van der Waals surface area contributed by atoms with Gasteiger partial charge in [0.15, 0.2) is 0 Å². The Morgan fingerprint density at radius 3 is 2.62 bits per heavy atom. The first-order valence-corrected chi connectivity index (χ1v) is 6.42. The van der Waals surface area contributed by atoms with Crippen molar-refractivity contribution in [2.75, 3.05) is 6.54 Å². The largest absolute Gasteiger partial charge is 0.385 e. The zero-order chi connectivity index (χ0) is 12.2. The fraction of sp³-hybridized carbons (Fsp3) is 0.600. The normalized spacial score (nSPS) is 11.8. The van der Waals surface area contributed by atoms with Crippen molar-refractivity contribution in [3.05, 3.63) is 36.6 Å². The molecule has 0 aromatic carbocycles. The molecular formula is C15H27N. The van der Waals surface area contributed by atoms with Gasteiger partial charge in [-0.25, -0.2) is 0 Å². The average molecular weight is 221 g/mol. The average Bonchev–Trinajstić information content (AvgIpc) is 2.25. The van der Waals surface area contributed by atoms with Crippen molar-refractivity contribution >= 4 is 0 Å². The Kier molecular flexibility index (Phi) is 9.89. The van der Waals surface area contributed by atoms with Gasteiger partial charge in [-0.1, -0.05) is 58.4 Å². The molecule has 1 nitrogen and oxygen atoms in total. The Hall–Kier alpha value is -0.980. The highest BCUT2D eigenvalue weighted by atomic mass is 14.9. The van der Waals surface area contributed by atoms with Crippen molar-refractivity contribution in [2.45, 2.75) is 46.5 Å². The van der Waals surface area contributed by atoms with E-state index in [0.717, 1.165) is 12.2 Å². The number of allylic oxidation sites excluding steroid dienone is 4. The van der Waals surface area contributed by atoms with Crippen molar-refractivity contribution in [1.29, 1.82) is 0 Å². The minimum atomic E-state index is 0.662. The van der Waals surface area contributed by atoms with Gasteiger partial charge in [-0.05, 0) is 24.8 Å². The topological polar surface area (TPSA) is 12.0 Å². The maximum absolute atomic E-state index is 3.94. The molecule has 0 heterocycles. The van der Waals surface area contributed by atoms with E-state index in [2.05, 4.69) is 50.9 Å². The van der Waals surface area contributed by atoms with Gasteiger partial charge >= 0.3 is 0 Å². The molecule has 16 heavy (non-hydrogen) atoms. The Labute approximate surface area is 101 Å². The molecule has 0 spiro atoms. The van der Waals surface area contributed by atoms with Gasteiger partial charge in [0.2, 0.25) is 0 Å². The third-order valence-electron chi connectivity index (χ3n) is 2.26. The highest BCUT2D eigenvalue weighted by Crippen LogP contribution is 2.00. The first-order valence-electron chi connectivity index (χ1n) is 6.42. The van der Waals surface area contributed by atoms with Gasteiger partial charge < -0.3 is 5.32 Å². The second kappa shape index (κ2) is 10.5. The molecule has 0 fully saturated rings. The van der Waals surface area contributed by atoms with Crippen molar-refractivity contribution < 1.29 is 0 Å². The minimum Gasteiger partial charge on any atom is -0.385 e. The second-order valence-electron chi connectivity index (χ2n) is 4.58. The van der Waals surface area contributed by atoms with E-state index < -0.39 is 0 Å². The fourth-order valence-electron chi connectivity index (χ4n) is 1.25. The molecule has 1 N–H and O–H groups in total. The van der Waals surface area contributed by atoms with Gasteiger partial charge in [0.05, 0.1) is 0 Å². The summed E-state index contributed by atoms with van der Waals surface area (Å²) in [6.07, 6.45) is 13.5. The number of unbranched alkanes of at least 4 members (excludes halogenated alkanes) is 3. The van der Waals surface area contributed by atoms with E-state index in [9.17, 15) is 0 Å². The summed E-state index contributed by atoms with van der Waals surface area (Å²) < 4.78 is 0. The maximum atomic E-state index is 3.94. The Balaban J connectivity index is 3.54. The van der Waals surface area contributed by atoms with E-state index in [4.69, 9.17) is 0 Å². The van der Waals surface area contributed by atoms with Crippen LogP contribution in [-0.2, 0) is 0 Å². The van der Waals surface area contributed by atoms with E-state index in [0.29, 0.717) is 5.92 Å². The predicted molar refractivity (Wildman–Crippen MR) is 74.4 cm³/mol. The van der Waals surface area contributed by atoms with Gasteiger partial charge in [0.1, 0.15) is 0 Å². The summed E-state index contributed by atoms with van der Waals surface area (Å²) in [5, 5.41) is 3.28. The van der Waals surface area contributed by atoms with E-state index in [-0.39, 0.29) is 0 Å². The summed E-state index contributed by atoms with van der Waals surface area (Å²) >= 11 is 0. The zero-order valence-electron chi connectivity index (χ0n) is 11.1. The maximum Gasteiger partial charge on any atom is 0.0267 e. The fourth-order valence-corrected chi connectivity index (χ4v) is 1.25. The molecule has 0 saturated carbocycles. The van der Waals surface area contributed by atoms with Crippen LogP contribution in [-0.4, -0.2) is 6.54 Å². The summed E-state index contributed by atoms with van der Waals surface area (Å²) in [7, 11) is 0. The summed E-state index contributed by atoms with van der Waals surface area (Å²) in [5.41, 5.74) is 0.993. The summed E-state index contributed by atoms with van der Waals surface area (Å²) in [6, 6.07) is 0.